The van der Waals surface area contributed by atoms with Crippen LogP contribution in [0.1, 0.15) is 38.5 Å². The summed E-state index contributed by atoms with van der Waals surface area (Å²) in [7, 11) is 4.86. The minimum absolute atomic E-state index is 2.60. The van der Waals surface area contributed by atoms with Gasteiger partial charge in [0.2, 0.25) is 0 Å². The van der Waals surface area contributed by atoms with Gasteiger partial charge in [-0.3, -0.25) is 0 Å². The van der Waals surface area contributed by atoms with Crippen LogP contribution in [-0.2, 0) is 0 Å². The van der Waals surface area contributed by atoms with Gasteiger partial charge in [0.1, 0.15) is 0 Å². The van der Waals surface area contributed by atoms with E-state index < -0.39 is 86.1 Å². The van der Waals surface area contributed by atoms with Crippen molar-refractivity contribution in [1.29, 1.82) is 0 Å². The van der Waals surface area contributed by atoms with Crippen molar-refractivity contribution >= 4 is 26.2 Å². The molecule has 0 aliphatic rings. The summed E-state index contributed by atoms with van der Waals surface area (Å²) in [5.74, 6) is 0. The van der Waals surface area contributed by atoms with Crippen molar-refractivity contribution in [1.82, 2.24) is 0 Å². The van der Waals surface area contributed by atoms with Gasteiger partial charge in [0.25, 0.3) is 0 Å². The topological polar surface area (TPSA) is 0 Å². The molecule has 0 aliphatic carbocycles. The summed E-state index contributed by atoms with van der Waals surface area (Å²) in [6, 6.07) is 0. The summed E-state index contributed by atoms with van der Waals surface area (Å²) < 4.78 is 177. The predicted molar refractivity (Wildman–Crippen MR) is 72.3 cm³/mol. The van der Waals surface area contributed by atoms with Gasteiger partial charge in [0.15, 0.2) is 0 Å². The Kier molecular flexibility index (Phi) is 8.89. The number of halogens is 16. The van der Waals surface area contributed by atoms with Gasteiger partial charge < -0.3 is 0 Å². The number of rotatable bonds is 9. The van der Waals surface area contributed by atoms with Gasteiger partial charge in [-0.2, -0.15) is 0 Å². The Labute approximate surface area is 161 Å². The number of alkyl halides is 15. The molecule has 29 heavy (non-hydrogen) atoms. The van der Waals surface area contributed by atoms with Crippen LogP contribution in [0.25, 0.3) is 0 Å². The van der Waals surface area contributed by atoms with Crippen LogP contribution < -0.4 is 0 Å². The van der Waals surface area contributed by atoms with Gasteiger partial charge in [-0.15, -0.1) is 0 Å². The Hall–Kier alpha value is 0.0387. The van der Waals surface area contributed by atoms with Crippen LogP contribution in [0, 0.1) is 0 Å². The Balaban J connectivity index is 6.21. The van der Waals surface area contributed by atoms with Crippen LogP contribution in [0.5, 0.6) is 0 Å². The number of hydrogen-bond acceptors (Lipinski definition) is 0. The summed E-state index contributed by atoms with van der Waals surface area (Å²) in [6.45, 7) is 0. The molecule has 0 fully saturated rings. The molecule has 0 atom stereocenters. The van der Waals surface area contributed by atoms with E-state index in [1.165, 1.54) is 0 Å². The Morgan fingerprint density at radius 3 is 0.690 bits per heavy atom. The minimum atomic E-state index is -8.77. The molecule has 0 saturated heterocycles. The molecule has 0 amide bonds. The third-order valence-corrected chi connectivity index (χ3v) is 20.0. The molecule has 0 radical (unpaired) electrons. The van der Waals surface area contributed by atoms with E-state index in [0.717, 1.165) is 0 Å². The zero-order chi connectivity index (χ0) is 23.7. The maximum atomic E-state index is 14.2. The average molecular weight is 595 g/mol. The second-order valence-electron chi connectivity index (χ2n) is 6.12. The first-order valence-corrected chi connectivity index (χ1v) is 15.3. The molecule has 0 aromatic rings. The second-order valence-corrected chi connectivity index (χ2v) is 19.9. The normalized spacial score (nSPS) is 15.7. The molecular weight excluding hydrogens is 583 g/mol. The molecule has 0 N–H and O–H groups in total. The van der Waals surface area contributed by atoms with Crippen LogP contribution in [-0.4, -0.2) is 47.6 Å². The van der Waals surface area contributed by atoms with Crippen molar-refractivity contribution in [2.45, 2.75) is 68.9 Å². The van der Waals surface area contributed by atoms with Gasteiger partial charge in [0.05, 0.1) is 0 Å². The van der Waals surface area contributed by atoms with Crippen molar-refractivity contribution in [2.24, 2.45) is 0 Å². The van der Waals surface area contributed by atoms with Gasteiger partial charge >= 0.3 is 161 Å². The Bertz CT molecular complexity index is 459. The van der Waals surface area contributed by atoms with E-state index >= 15 is 0 Å². The first-order valence-electron chi connectivity index (χ1n) is 7.40. The molecule has 0 heterocycles. The standard InChI is InChI=1S/3C4H4F5.ClH.Sn/c3*5-3(6)1-2-4(7,8)9;;/h3*1-2H2;1H;/q;;;;+1/p-1. The summed E-state index contributed by atoms with van der Waals surface area (Å²) in [4.78, 5) is 0. The van der Waals surface area contributed by atoms with Gasteiger partial charge in [0, 0.05) is 0 Å². The van der Waals surface area contributed by atoms with E-state index in [4.69, 9.17) is 8.92 Å². The SMILES string of the molecule is FC(F)(F)CC[C](F)(F)[Sn]([Cl])([C](F)(F)CCC(F)(F)F)[C](F)(F)CCC(F)(F)F. The Morgan fingerprint density at radius 2 is 0.552 bits per heavy atom. The van der Waals surface area contributed by atoms with Crippen molar-refractivity contribution in [3.8, 4) is 0 Å². The van der Waals surface area contributed by atoms with E-state index in [2.05, 4.69) is 0 Å². The number of hydrogen-bond donors (Lipinski definition) is 0. The van der Waals surface area contributed by atoms with E-state index in [9.17, 15) is 65.9 Å². The van der Waals surface area contributed by atoms with Crippen molar-refractivity contribution in [3.05, 3.63) is 0 Å². The van der Waals surface area contributed by atoms with Crippen molar-refractivity contribution < 1.29 is 65.9 Å². The molecule has 0 bridgehead atoms. The molecule has 0 spiro atoms. The molecule has 0 unspecified atom stereocenters. The molecule has 0 nitrogen and oxygen atoms in total. The monoisotopic (exact) mass is 596 g/mol. The fourth-order valence-electron chi connectivity index (χ4n) is 2.22. The van der Waals surface area contributed by atoms with Crippen LogP contribution in [0.15, 0.2) is 0 Å². The fourth-order valence-corrected chi connectivity index (χ4v) is 12.7. The first-order chi connectivity index (χ1) is 12.4. The molecule has 0 aromatic heterocycles. The zero-order valence-corrected chi connectivity index (χ0v) is 17.4. The molecule has 0 rings (SSSR count). The summed E-state index contributed by atoms with van der Waals surface area (Å²) >= 11 is -8.77. The van der Waals surface area contributed by atoms with Gasteiger partial charge in [-0.1, -0.05) is 0 Å². The second kappa shape index (κ2) is 8.88. The van der Waals surface area contributed by atoms with Gasteiger partial charge in [-0.05, 0) is 0 Å². The molecule has 0 aliphatic heterocycles. The average Bonchev–Trinajstić information content (AvgIpc) is 2.46. The van der Waals surface area contributed by atoms with E-state index in [0.29, 0.717) is 0 Å². The summed E-state index contributed by atoms with van der Waals surface area (Å²) in [6.07, 6.45) is -32.4. The van der Waals surface area contributed by atoms with Crippen molar-refractivity contribution in [2.75, 3.05) is 0 Å². The molecule has 176 valence electrons. The molecule has 0 aromatic carbocycles. The van der Waals surface area contributed by atoms with Crippen LogP contribution in [0.3, 0.4) is 0 Å². The predicted octanol–water partition coefficient (Wildman–Crippen LogP) is 7.72. The van der Waals surface area contributed by atoms with E-state index in [1.54, 1.807) is 0 Å². The zero-order valence-electron chi connectivity index (χ0n) is 13.8. The maximum absolute atomic E-state index is 14.2. The van der Waals surface area contributed by atoms with E-state index in [1.807, 2.05) is 0 Å². The quantitative estimate of drug-likeness (QED) is 0.189. The van der Waals surface area contributed by atoms with Crippen LogP contribution >= 0.6 is 8.92 Å². The van der Waals surface area contributed by atoms with Crippen LogP contribution in [0.4, 0.5) is 65.9 Å². The Morgan fingerprint density at radius 1 is 0.379 bits per heavy atom. The fraction of sp³-hybridized carbons (Fsp3) is 1.00. The summed E-state index contributed by atoms with van der Waals surface area (Å²) in [5.41, 5.74) is 0. The van der Waals surface area contributed by atoms with Crippen LogP contribution in [0.2, 0.25) is 0 Å². The van der Waals surface area contributed by atoms with Gasteiger partial charge in [-0.25, -0.2) is 0 Å². The first kappa shape index (κ1) is 29.0. The molecular formula is C12H12ClF15Sn. The molecule has 17 heteroatoms. The van der Waals surface area contributed by atoms with Crippen molar-refractivity contribution in [3.63, 3.8) is 0 Å². The third kappa shape index (κ3) is 8.24. The summed E-state index contributed by atoms with van der Waals surface area (Å²) in [5, 5.41) is 0. The van der Waals surface area contributed by atoms with E-state index in [-0.39, 0.29) is 0 Å². The molecule has 0 saturated carbocycles. The third-order valence-electron chi connectivity index (χ3n) is 3.68.